The van der Waals surface area contributed by atoms with E-state index >= 15 is 0 Å². The zero-order valence-electron chi connectivity index (χ0n) is 10.9. The summed E-state index contributed by atoms with van der Waals surface area (Å²) in [5.74, 6) is -0.187. The van der Waals surface area contributed by atoms with Crippen molar-refractivity contribution < 1.29 is 18.0 Å². The lowest BCUT2D eigenvalue weighted by Gasteiger charge is -2.08. The van der Waals surface area contributed by atoms with Gasteiger partial charge in [0.25, 0.3) is 0 Å². The van der Waals surface area contributed by atoms with Crippen molar-refractivity contribution >= 4 is 5.78 Å². The van der Waals surface area contributed by atoms with Crippen LogP contribution in [0.3, 0.4) is 0 Å². The second-order valence-corrected chi connectivity index (χ2v) is 4.67. The van der Waals surface area contributed by atoms with Crippen molar-refractivity contribution in [1.82, 2.24) is 0 Å². The molecule has 2 aromatic carbocycles. The Hall–Kier alpha value is -2.10. The normalized spacial score (nSPS) is 11.4. The van der Waals surface area contributed by atoms with Gasteiger partial charge in [-0.3, -0.25) is 4.79 Å². The Labute approximate surface area is 115 Å². The summed E-state index contributed by atoms with van der Waals surface area (Å²) in [6.07, 6.45) is -4.42. The molecule has 104 valence electrons. The van der Waals surface area contributed by atoms with Gasteiger partial charge in [-0.2, -0.15) is 13.2 Å². The number of rotatable bonds is 3. The molecule has 0 aliphatic heterocycles. The van der Waals surface area contributed by atoms with Gasteiger partial charge in [-0.05, 0) is 24.6 Å². The molecular formula is C16H13F3O. The zero-order chi connectivity index (χ0) is 14.8. The van der Waals surface area contributed by atoms with E-state index in [0.717, 1.165) is 17.7 Å². The molecule has 0 aliphatic rings. The largest absolute Gasteiger partial charge is 0.416 e. The first kappa shape index (κ1) is 14.3. The molecule has 0 aromatic heterocycles. The van der Waals surface area contributed by atoms with Crippen molar-refractivity contribution in [1.29, 1.82) is 0 Å². The highest BCUT2D eigenvalue weighted by Crippen LogP contribution is 2.29. The van der Waals surface area contributed by atoms with E-state index in [4.69, 9.17) is 0 Å². The van der Waals surface area contributed by atoms with Crippen molar-refractivity contribution in [2.75, 3.05) is 0 Å². The highest BCUT2D eigenvalue weighted by molar-refractivity contribution is 5.97. The van der Waals surface area contributed by atoms with Gasteiger partial charge < -0.3 is 0 Å². The number of carbonyl (C=O) groups excluding carboxylic acids is 1. The summed E-state index contributed by atoms with van der Waals surface area (Å²) in [6, 6.07) is 11.9. The Morgan fingerprint density at radius 1 is 1.05 bits per heavy atom. The molecule has 4 heteroatoms. The van der Waals surface area contributed by atoms with Crippen LogP contribution in [-0.4, -0.2) is 5.78 Å². The lowest BCUT2D eigenvalue weighted by molar-refractivity contribution is -0.137. The van der Waals surface area contributed by atoms with E-state index in [0.29, 0.717) is 11.1 Å². The third-order valence-electron chi connectivity index (χ3n) is 2.96. The van der Waals surface area contributed by atoms with Crippen LogP contribution in [0, 0.1) is 6.92 Å². The summed E-state index contributed by atoms with van der Waals surface area (Å²) < 4.78 is 37.8. The minimum atomic E-state index is -4.39. The van der Waals surface area contributed by atoms with Gasteiger partial charge in [-0.25, -0.2) is 0 Å². The van der Waals surface area contributed by atoms with Crippen LogP contribution in [0.5, 0.6) is 0 Å². The first-order valence-electron chi connectivity index (χ1n) is 6.12. The SMILES string of the molecule is Cc1cccc(C(=O)Cc2cccc(C(F)(F)F)c2)c1. The number of ketones is 1. The number of benzene rings is 2. The van der Waals surface area contributed by atoms with Crippen LogP contribution in [0.4, 0.5) is 13.2 Å². The Bertz CT molecular complexity index is 630. The number of halogens is 3. The molecule has 0 saturated heterocycles. The Morgan fingerprint density at radius 3 is 2.40 bits per heavy atom. The molecule has 0 bridgehead atoms. The molecule has 0 radical (unpaired) electrons. The number of carbonyl (C=O) groups is 1. The fourth-order valence-corrected chi connectivity index (χ4v) is 1.96. The highest BCUT2D eigenvalue weighted by atomic mass is 19.4. The monoisotopic (exact) mass is 278 g/mol. The highest BCUT2D eigenvalue weighted by Gasteiger charge is 2.30. The van der Waals surface area contributed by atoms with E-state index in [1.54, 1.807) is 18.2 Å². The van der Waals surface area contributed by atoms with Gasteiger partial charge in [0.15, 0.2) is 5.78 Å². The molecule has 0 saturated carbocycles. The van der Waals surface area contributed by atoms with Crippen molar-refractivity contribution in [3.05, 3.63) is 70.8 Å². The molecule has 0 N–H and O–H groups in total. The summed E-state index contributed by atoms with van der Waals surface area (Å²) in [5, 5.41) is 0. The number of Topliss-reactive ketones (excluding diaryl/α,β-unsaturated/α-hetero) is 1. The number of hydrogen-bond acceptors (Lipinski definition) is 1. The van der Waals surface area contributed by atoms with Crippen LogP contribution >= 0.6 is 0 Å². The Morgan fingerprint density at radius 2 is 1.75 bits per heavy atom. The minimum Gasteiger partial charge on any atom is -0.294 e. The Kier molecular flexibility index (Phi) is 3.93. The van der Waals surface area contributed by atoms with Crippen molar-refractivity contribution in [3.63, 3.8) is 0 Å². The third-order valence-corrected chi connectivity index (χ3v) is 2.96. The zero-order valence-corrected chi connectivity index (χ0v) is 10.9. The van der Waals surface area contributed by atoms with E-state index in [1.807, 2.05) is 13.0 Å². The third kappa shape index (κ3) is 3.47. The molecule has 0 fully saturated rings. The lowest BCUT2D eigenvalue weighted by Crippen LogP contribution is -2.08. The van der Waals surface area contributed by atoms with E-state index in [1.165, 1.54) is 12.1 Å². The molecule has 0 heterocycles. The summed E-state index contributed by atoms with van der Waals surface area (Å²) in [4.78, 5) is 12.0. The summed E-state index contributed by atoms with van der Waals surface area (Å²) >= 11 is 0. The Balaban J connectivity index is 2.20. The predicted molar refractivity (Wildman–Crippen MR) is 70.7 cm³/mol. The van der Waals surface area contributed by atoms with Gasteiger partial charge in [0.05, 0.1) is 5.56 Å². The second-order valence-electron chi connectivity index (χ2n) is 4.67. The topological polar surface area (TPSA) is 17.1 Å². The van der Waals surface area contributed by atoms with Crippen LogP contribution in [-0.2, 0) is 12.6 Å². The van der Waals surface area contributed by atoms with Crippen LogP contribution < -0.4 is 0 Å². The average molecular weight is 278 g/mol. The fourth-order valence-electron chi connectivity index (χ4n) is 1.96. The first-order chi connectivity index (χ1) is 9.36. The maximum absolute atomic E-state index is 12.6. The molecule has 0 amide bonds. The van der Waals surface area contributed by atoms with Crippen LogP contribution in [0.15, 0.2) is 48.5 Å². The van der Waals surface area contributed by atoms with Crippen LogP contribution in [0.1, 0.15) is 27.0 Å². The smallest absolute Gasteiger partial charge is 0.294 e. The van der Waals surface area contributed by atoms with Gasteiger partial charge in [0, 0.05) is 12.0 Å². The molecule has 0 atom stereocenters. The van der Waals surface area contributed by atoms with Crippen LogP contribution in [0.2, 0.25) is 0 Å². The number of hydrogen-bond donors (Lipinski definition) is 0. The van der Waals surface area contributed by atoms with E-state index in [2.05, 4.69) is 0 Å². The molecule has 2 aromatic rings. The quantitative estimate of drug-likeness (QED) is 0.759. The molecule has 0 unspecified atom stereocenters. The van der Waals surface area contributed by atoms with Gasteiger partial charge in [0.2, 0.25) is 0 Å². The van der Waals surface area contributed by atoms with E-state index in [9.17, 15) is 18.0 Å². The number of alkyl halides is 3. The average Bonchev–Trinajstić information content (AvgIpc) is 2.38. The van der Waals surface area contributed by atoms with E-state index < -0.39 is 11.7 Å². The van der Waals surface area contributed by atoms with Gasteiger partial charge in [-0.15, -0.1) is 0 Å². The van der Waals surface area contributed by atoms with Crippen molar-refractivity contribution in [2.45, 2.75) is 19.5 Å². The number of aryl methyl sites for hydroxylation is 1. The van der Waals surface area contributed by atoms with Gasteiger partial charge in [-0.1, -0.05) is 42.0 Å². The van der Waals surface area contributed by atoms with Crippen LogP contribution in [0.25, 0.3) is 0 Å². The van der Waals surface area contributed by atoms with Crippen molar-refractivity contribution in [2.24, 2.45) is 0 Å². The molecule has 20 heavy (non-hydrogen) atoms. The maximum Gasteiger partial charge on any atom is 0.416 e. The molecule has 0 spiro atoms. The minimum absolute atomic E-state index is 0.0344. The summed E-state index contributed by atoms with van der Waals surface area (Å²) in [7, 11) is 0. The van der Waals surface area contributed by atoms with Crippen molar-refractivity contribution in [3.8, 4) is 0 Å². The van der Waals surface area contributed by atoms with Gasteiger partial charge in [0.1, 0.15) is 0 Å². The molecule has 1 nitrogen and oxygen atoms in total. The summed E-state index contributed by atoms with van der Waals surface area (Å²) in [6.45, 7) is 1.86. The lowest BCUT2D eigenvalue weighted by atomic mass is 10.0. The maximum atomic E-state index is 12.6. The van der Waals surface area contributed by atoms with E-state index in [-0.39, 0.29) is 12.2 Å². The first-order valence-corrected chi connectivity index (χ1v) is 6.12. The second kappa shape index (κ2) is 5.49. The molecule has 2 rings (SSSR count). The molecule has 0 aliphatic carbocycles. The standard InChI is InChI=1S/C16H13F3O/c1-11-4-2-6-13(8-11)15(20)10-12-5-3-7-14(9-12)16(17,18)19/h2-9H,10H2,1H3. The van der Waals surface area contributed by atoms with Gasteiger partial charge >= 0.3 is 6.18 Å². The summed E-state index contributed by atoms with van der Waals surface area (Å²) in [5.41, 5.74) is 1.10. The molecular weight excluding hydrogens is 265 g/mol. The predicted octanol–water partition coefficient (Wildman–Crippen LogP) is 4.44. The fraction of sp³-hybridized carbons (Fsp3) is 0.188.